The van der Waals surface area contributed by atoms with Gasteiger partial charge in [0.15, 0.2) is 0 Å². The summed E-state index contributed by atoms with van der Waals surface area (Å²) >= 11 is 0. The Morgan fingerprint density at radius 1 is 0.875 bits per heavy atom. The van der Waals surface area contributed by atoms with E-state index in [1.54, 1.807) is 0 Å². The van der Waals surface area contributed by atoms with Crippen LogP contribution in [0.4, 0.5) is 0 Å². The molecule has 3 aliphatic rings. The number of fused-ring (bicyclic) bond motifs is 3. The van der Waals surface area contributed by atoms with Gasteiger partial charge in [0.2, 0.25) is 0 Å². The molecule has 0 radical (unpaired) electrons. The lowest BCUT2D eigenvalue weighted by Crippen LogP contribution is -2.43. The van der Waals surface area contributed by atoms with Crippen LogP contribution in [-0.2, 0) is 9.53 Å². The highest BCUT2D eigenvalue weighted by Crippen LogP contribution is 2.53. The molecule has 0 aromatic carbocycles. The van der Waals surface area contributed by atoms with Crippen molar-refractivity contribution < 1.29 is 9.53 Å². The Kier molecular flexibility index (Phi) is 6.63. The van der Waals surface area contributed by atoms with Crippen molar-refractivity contribution >= 4 is 5.97 Å². The van der Waals surface area contributed by atoms with Crippen molar-refractivity contribution in [2.45, 2.75) is 103 Å². The molecule has 2 heteroatoms. The van der Waals surface area contributed by atoms with Gasteiger partial charge in [-0.3, -0.25) is 4.79 Å². The zero-order valence-corrected chi connectivity index (χ0v) is 16.0. The first-order valence-corrected chi connectivity index (χ1v) is 10.9. The third kappa shape index (κ3) is 4.35. The minimum atomic E-state index is 0.0334. The van der Waals surface area contributed by atoms with E-state index in [-0.39, 0.29) is 12.1 Å². The summed E-state index contributed by atoms with van der Waals surface area (Å²) in [5, 5.41) is 0. The van der Waals surface area contributed by atoms with Crippen LogP contribution in [0.1, 0.15) is 97.3 Å². The summed E-state index contributed by atoms with van der Waals surface area (Å²) in [4.78, 5) is 11.8. The third-order valence-electron chi connectivity index (χ3n) is 7.32. The molecule has 0 heterocycles. The van der Waals surface area contributed by atoms with E-state index >= 15 is 0 Å². The molecule has 6 atom stereocenters. The van der Waals surface area contributed by atoms with Crippen LogP contribution in [-0.4, -0.2) is 12.1 Å². The number of ether oxygens (including phenoxy) is 1. The predicted molar refractivity (Wildman–Crippen MR) is 98.7 cm³/mol. The second-order valence-corrected chi connectivity index (χ2v) is 8.92. The van der Waals surface area contributed by atoms with Crippen LogP contribution in [0.15, 0.2) is 0 Å². The lowest BCUT2D eigenvalue weighted by Gasteiger charge is -2.50. The first kappa shape index (κ1) is 18.3. The van der Waals surface area contributed by atoms with Crippen LogP contribution < -0.4 is 0 Å². The topological polar surface area (TPSA) is 26.3 Å². The van der Waals surface area contributed by atoms with Gasteiger partial charge in [-0.2, -0.15) is 0 Å². The van der Waals surface area contributed by atoms with E-state index in [0.717, 1.165) is 48.9 Å². The summed E-state index contributed by atoms with van der Waals surface area (Å²) in [5.41, 5.74) is 0. The van der Waals surface area contributed by atoms with E-state index in [4.69, 9.17) is 4.74 Å². The third-order valence-corrected chi connectivity index (χ3v) is 7.32. The lowest BCUT2D eigenvalue weighted by atomic mass is 9.56. The maximum Gasteiger partial charge on any atom is 0.306 e. The van der Waals surface area contributed by atoms with Crippen LogP contribution in [0.5, 0.6) is 0 Å². The smallest absolute Gasteiger partial charge is 0.306 e. The molecule has 4 unspecified atom stereocenters. The Morgan fingerprint density at radius 3 is 2.29 bits per heavy atom. The Morgan fingerprint density at radius 2 is 1.58 bits per heavy atom. The molecule has 138 valence electrons. The van der Waals surface area contributed by atoms with Crippen LogP contribution in [0.2, 0.25) is 0 Å². The Bertz CT molecular complexity index is 405. The van der Waals surface area contributed by atoms with Gasteiger partial charge in [-0.25, -0.2) is 0 Å². The van der Waals surface area contributed by atoms with Crippen LogP contribution in [0, 0.1) is 29.6 Å². The molecule has 0 N–H and O–H groups in total. The number of rotatable bonds is 6. The summed E-state index contributed by atoms with van der Waals surface area (Å²) in [6.07, 6.45) is 16.9. The molecule has 2 nitrogen and oxygen atoms in total. The molecule has 3 saturated carbocycles. The fourth-order valence-electron chi connectivity index (χ4n) is 6.16. The van der Waals surface area contributed by atoms with Gasteiger partial charge in [0.05, 0.1) is 0 Å². The highest BCUT2D eigenvalue weighted by atomic mass is 16.5. The monoisotopic (exact) mass is 334 g/mol. The maximum atomic E-state index is 11.8. The van der Waals surface area contributed by atoms with Gasteiger partial charge in [0.25, 0.3) is 0 Å². The molecule has 3 rings (SSSR count). The Labute approximate surface area is 149 Å². The SMILES string of the molecule is CCCC[C@H]1CCC2C(CCC3C[C@@H](OC(=O)CCC)CCC32)C1. The molecule has 3 aliphatic carbocycles. The number of carbonyl (C=O) groups excluding carboxylic acids is 1. The van der Waals surface area contributed by atoms with Crippen molar-refractivity contribution in [2.75, 3.05) is 0 Å². The second-order valence-electron chi connectivity index (χ2n) is 8.92. The van der Waals surface area contributed by atoms with Crippen molar-refractivity contribution in [2.24, 2.45) is 29.6 Å². The zero-order valence-electron chi connectivity index (χ0n) is 16.0. The fourth-order valence-corrected chi connectivity index (χ4v) is 6.16. The van der Waals surface area contributed by atoms with Crippen molar-refractivity contribution in [1.82, 2.24) is 0 Å². The standard InChI is InChI=1S/C22H38O2/c1-3-5-7-16-8-12-20-17(14-16)9-10-18-15-19(11-13-21(18)20)24-22(23)6-4-2/h16-21H,3-15H2,1-2H3/t16-,17?,18?,19-,20?,21?/m0/s1. The van der Waals surface area contributed by atoms with E-state index in [0.29, 0.717) is 6.42 Å². The minimum absolute atomic E-state index is 0.0334. The van der Waals surface area contributed by atoms with Gasteiger partial charge in [-0.1, -0.05) is 39.5 Å². The average Bonchev–Trinajstić information content (AvgIpc) is 2.59. The van der Waals surface area contributed by atoms with Gasteiger partial charge in [-0.05, 0) is 81.0 Å². The molecule has 0 spiro atoms. The molecule has 0 aliphatic heterocycles. The van der Waals surface area contributed by atoms with Crippen LogP contribution >= 0.6 is 0 Å². The molecule has 0 aromatic rings. The number of unbranched alkanes of at least 4 members (excludes halogenated alkanes) is 1. The summed E-state index contributed by atoms with van der Waals surface area (Å²) < 4.78 is 5.74. The van der Waals surface area contributed by atoms with E-state index in [2.05, 4.69) is 13.8 Å². The highest BCUT2D eigenvalue weighted by molar-refractivity contribution is 5.69. The van der Waals surface area contributed by atoms with Gasteiger partial charge in [-0.15, -0.1) is 0 Å². The molecule has 3 fully saturated rings. The first-order valence-electron chi connectivity index (χ1n) is 10.9. The largest absolute Gasteiger partial charge is 0.462 e. The first-order chi connectivity index (χ1) is 11.7. The van der Waals surface area contributed by atoms with Gasteiger partial charge in [0.1, 0.15) is 6.10 Å². The van der Waals surface area contributed by atoms with E-state index < -0.39 is 0 Å². The molecular formula is C22H38O2. The summed E-state index contributed by atoms with van der Waals surface area (Å²) in [6, 6.07) is 0. The lowest BCUT2D eigenvalue weighted by molar-refractivity contribution is -0.153. The summed E-state index contributed by atoms with van der Waals surface area (Å²) in [5.74, 6) is 4.85. The molecule has 0 saturated heterocycles. The Hall–Kier alpha value is -0.530. The summed E-state index contributed by atoms with van der Waals surface area (Å²) in [6.45, 7) is 4.37. The normalized spacial score (nSPS) is 38.9. The minimum Gasteiger partial charge on any atom is -0.462 e. The van der Waals surface area contributed by atoms with E-state index in [9.17, 15) is 4.79 Å². The highest BCUT2D eigenvalue weighted by Gasteiger charge is 2.44. The van der Waals surface area contributed by atoms with Gasteiger partial charge in [0, 0.05) is 6.42 Å². The fraction of sp³-hybridized carbons (Fsp3) is 0.955. The molecule has 24 heavy (non-hydrogen) atoms. The van der Waals surface area contributed by atoms with Crippen LogP contribution in [0.3, 0.4) is 0 Å². The van der Waals surface area contributed by atoms with Gasteiger partial charge < -0.3 is 4.74 Å². The number of hydrogen-bond acceptors (Lipinski definition) is 2. The van der Waals surface area contributed by atoms with E-state index in [1.165, 1.54) is 57.8 Å². The van der Waals surface area contributed by atoms with Crippen molar-refractivity contribution in [3.8, 4) is 0 Å². The average molecular weight is 335 g/mol. The van der Waals surface area contributed by atoms with Crippen molar-refractivity contribution in [1.29, 1.82) is 0 Å². The zero-order chi connectivity index (χ0) is 16.9. The summed E-state index contributed by atoms with van der Waals surface area (Å²) in [7, 11) is 0. The van der Waals surface area contributed by atoms with E-state index in [1.807, 2.05) is 0 Å². The second kappa shape index (κ2) is 8.72. The maximum absolute atomic E-state index is 11.8. The number of esters is 1. The van der Waals surface area contributed by atoms with Gasteiger partial charge >= 0.3 is 5.97 Å². The quantitative estimate of drug-likeness (QED) is 0.546. The molecule has 0 amide bonds. The molecular weight excluding hydrogens is 296 g/mol. The number of hydrogen-bond donors (Lipinski definition) is 0. The molecule has 0 aromatic heterocycles. The Balaban J connectivity index is 1.50. The van der Waals surface area contributed by atoms with Crippen molar-refractivity contribution in [3.63, 3.8) is 0 Å². The molecule has 0 bridgehead atoms. The van der Waals surface area contributed by atoms with Crippen LogP contribution in [0.25, 0.3) is 0 Å². The van der Waals surface area contributed by atoms with Crippen molar-refractivity contribution in [3.05, 3.63) is 0 Å². The predicted octanol–water partition coefficient (Wildman–Crippen LogP) is 6.13. The number of carbonyl (C=O) groups is 1.